The highest BCUT2D eigenvalue weighted by molar-refractivity contribution is 6.42. The Labute approximate surface area is 189 Å². The van der Waals surface area contributed by atoms with Crippen LogP contribution in [-0.4, -0.2) is 25.5 Å². The molecule has 1 aliphatic rings. The molecule has 0 atom stereocenters. The number of nitrogens with one attached hydrogen (secondary N) is 1. The molecule has 31 heavy (non-hydrogen) atoms. The molecule has 1 aliphatic carbocycles. The summed E-state index contributed by atoms with van der Waals surface area (Å²) < 4.78 is 42.1. The van der Waals surface area contributed by atoms with Gasteiger partial charge in [0.2, 0.25) is 5.91 Å². The van der Waals surface area contributed by atoms with Gasteiger partial charge in [0.1, 0.15) is 6.54 Å². The fraction of sp³-hybridized carbons (Fsp3) is 0.316. The highest BCUT2D eigenvalue weighted by Gasteiger charge is 2.42. The summed E-state index contributed by atoms with van der Waals surface area (Å²) in [5.74, 6) is -0.651. The van der Waals surface area contributed by atoms with Crippen LogP contribution in [0.1, 0.15) is 35.7 Å². The van der Waals surface area contributed by atoms with Gasteiger partial charge in [0.05, 0.1) is 39.2 Å². The van der Waals surface area contributed by atoms with E-state index in [1.54, 1.807) is 29.1 Å². The van der Waals surface area contributed by atoms with E-state index >= 15 is 0 Å². The van der Waals surface area contributed by atoms with Crippen molar-refractivity contribution >= 4 is 46.4 Å². The van der Waals surface area contributed by atoms with Gasteiger partial charge in [-0.05, 0) is 30.5 Å². The summed E-state index contributed by atoms with van der Waals surface area (Å²) in [5, 5.41) is 10.8. The maximum atomic E-state index is 13.2. The Balaban J connectivity index is 1.44. The second kappa shape index (κ2) is 8.37. The van der Waals surface area contributed by atoms with Gasteiger partial charge in [0, 0.05) is 12.1 Å². The fourth-order valence-corrected chi connectivity index (χ4v) is 3.90. The number of benzene rings is 1. The van der Waals surface area contributed by atoms with Gasteiger partial charge in [0.15, 0.2) is 5.69 Å². The van der Waals surface area contributed by atoms with Crippen LogP contribution in [0.5, 0.6) is 0 Å². The van der Waals surface area contributed by atoms with Crippen molar-refractivity contribution in [3.05, 3.63) is 62.6 Å². The number of amides is 1. The summed E-state index contributed by atoms with van der Waals surface area (Å²) >= 11 is 17.8. The summed E-state index contributed by atoms with van der Waals surface area (Å²) in [7, 11) is 0. The lowest BCUT2D eigenvalue weighted by atomic mass is 10.2. The topological polar surface area (TPSA) is 64.7 Å². The average molecular weight is 493 g/mol. The van der Waals surface area contributed by atoms with E-state index in [2.05, 4.69) is 15.5 Å². The summed E-state index contributed by atoms with van der Waals surface area (Å²) in [6.07, 6.45) is -0.223. The first-order valence-corrected chi connectivity index (χ1v) is 10.3. The first-order valence-electron chi connectivity index (χ1n) is 9.21. The number of carbonyl (C=O) groups is 1. The van der Waals surface area contributed by atoms with Gasteiger partial charge >= 0.3 is 6.18 Å². The van der Waals surface area contributed by atoms with Gasteiger partial charge in [-0.25, -0.2) is 0 Å². The van der Waals surface area contributed by atoms with Crippen molar-refractivity contribution in [2.75, 3.05) is 5.32 Å². The van der Waals surface area contributed by atoms with Crippen LogP contribution in [0.2, 0.25) is 15.1 Å². The van der Waals surface area contributed by atoms with Crippen molar-refractivity contribution in [3.8, 4) is 0 Å². The van der Waals surface area contributed by atoms with Gasteiger partial charge in [0.25, 0.3) is 0 Å². The third-order valence-electron chi connectivity index (χ3n) is 4.70. The third-order valence-corrected chi connectivity index (χ3v) is 5.81. The van der Waals surface area contributed by atoms with Crippen LogP contribution in [-0.2, 0) is 24.1 Å². The molecule has 12 heteroatoms. The van der Waals surface area contributed by atoms with Gasteiger partial charge in [-0.3, -0.25) is 14.2 Å². The van der Waals surface area contributed by atoms with Crippen molar-refractivity contribution in [2.24, 2.45) is 0 Å². The Morgan fingerprint density at radius 2 is 1.94 bits per heavy atom. The number of alkyl halides is 3. The van der Waals surface area contributed by atoms with Crippen LogP contribution >= 0.6 is 34.8 Å². The van der Waals surface area contributed by atoms with Gasteiger partial charge in [-0.1, -0.05) is 40.9 Å². The number of carbonyl (C=O) groups excluding carboxylic acids is 1. The number of anilines is 1. The zero-order chi connectivity index (χ0) is 22.3. The molecule has 1 N–H and O–H groups in total. The Morgan fingerprint density at radius 3 is 2.58 bits per heavy atom. The molecular formula is C19H15Cl3F3N5O. The summed E-state index contributed by atoms with van der Waals surface area (Å²) in [6, 6.07) is 5.18. The van der Waals surface area contributed by atoms with E-state index in [9.17, 15) is 18.0 Å². The molecule has 2 heterocycles. The maximum Gasteiger partial charge on any atom is 0.436 e. The molecule has 164 valence electrons. The monoisotopic (exact) mass is 491 g/mol. The van der Waals surface area contributed by atoms with Gasteiger partial charge < -0.3 is 5.32 Å². The summed E-state index contributed by atoms with van der Waals surface area (Å²) in [5.41, 5.74) is 0.334. The smallest absolute Gasteiger partial charge is 0.322 e. The Morgan fingerprint density at radius 1 is 1.19 bits per heavy atom. The summed E-state index contributed by atoms with van der Waals surface area (Å²) in [4.78, 5) is 12.4. The van der Waals surface area contributed by atoms with E-state index in [1.807, 2.05) is 0 Å². The molecule has 0 spiro atoms. The molecule has 1 fully saturated rings. The largest absolute Gasteiger partial charge is 0.436 e. The number of nitrogens with zero attached hydrogens (tertiary/aromatic N) is 4. The number of hydrogen-bond acceptors (Lipinski definition) is 3. The molecule has 1 saturated carbocycles. The Kier molecular flexibility index (Phi) is 5.93. The van der Waals surface area contributed by atoms with Crippen molar-refractivity contribution in [1.29, 1.82) is 0 Å². The van der Waals surface area contributed by atoms with E-state index in [-0.39, 0.29) is 18.2 Å². The lowest BCUT2D eigenvalue weighted by molar-refractivity contribution is -0.141. The SMILES string of the molecule is O=C(Cn1nc(C(F)(F)F)c(Cl)c1C1CC1)Nc1cnn(Cc2ccc(Cl)c(Cl)c2)c1. The van der Waals surface area contributed by atoms with Crippen molar-refractivity contribution in [2.45, 2.75) is 38.0 Å². The molecule has 1 aromatic carbocycles. The third kappa shape index (κ3) is 4.99. The molecule has 4 rings (SSSR count). The number of rotatable bonds is 6. The first-order chi connectivity index (χ1) is 14.6. The standard InChI is InChI=1S/C19H15Cl3F3N5O/c20-13-4-1-10(5-14(13)21)7-29-8-12(6-26-29)27-15(31)9-30-17(11-2-3-11)16(22)18(28-30)19(23,24)25/h1,4-6,8,11H,2-3,7,9H2,(H,27,31). The van der Waals surface area contributed by atoms with Crippen molar-refractivity contribution in [1.82, 2.24) is 19.6 Å². The average Bonchev–Trinajstić information content (AvgIpc) is 3.32. The van der Waals surface area contributed by atoms with Crippen LogP contribution in [0, 0.1) is 0 Å². The lowest BCUT2D eigenvalue weighted by Gasteiger charge is -2.07. The minimum absolute atomic E-state index is 0.113. The van der Waals surface area contributed by atoms with Crippen LogP contribution < -0.4 is 5.32 Å². The van der Waals surface area contributed by atoms with Crippen LogP contribution in [0.3, 0.4) is 0 Å². The lowest BCUT2D eigenvalue weighted by Crippen LogP contribution is -2.21. The van der Waals surface area contributed by atoms with E-state index in [0.29, 0.717) is 35.1 Å². The van der Waals surface area contributed by atoms with E-state index < -0.39 is 22.8 Å². The quantitative estimate of drug-likeness (QED) is 0.485. The molecule has 0 unspecified atom stereocenters. The molecule has 2 aromatic heterocycles. The predicted octanol–water partition coefficient (Wildman–Crippen LogP) is 5.62. The highest BCUT2D eigenvalue weighted by Crippen LogP contribution is 2.46. The Hall–Kier alpha value is -2.23. The molecule has 0 saturated heterocycles. The first kappa shape index (κ1) is 22.0. The predicted molar refractivity (Wildman–Crippen MR) is 111 cm³/mol. The van der Waals surface area contributed by atoms with Crippen LogP contribution in [0.4, 0.5) is 18.9 Å². The summed E-state index contributed by atoms with van der Waals surface area (Å²) in [6.45, 7) is 0.00188. The van der Waals surface area contributed by atoms with Crippen LogP contribution in [0.15, 0.2) is 30.6 Å². The van der Waals surface area contributed by atoms with E-state index in [0.717, 1.165) is 10.2 Å². The molecular weight excluding hydrogens is 478 g/mol. The van der Waals surface area contributed by atoms with Gasteiger partial charge in [-0.2, -0.15) is 23.4 Å². The minimum Gasteiger partial charge on any atom is -0.322 e. The molecule has 6 nitrogen and oxygen atoms in total. The zero-order valence-corrected chi connectivity index (χ0v) is 18.0. The van der Waals surface area contributed by atoms with Crippen molar-refractivity contribution < 1.29 is 18.0 Å². The van der Waals surface area contributed by atoms with E-state index in [4.69, 9.17) is 34.8 Å². The van der Waals surface area contributed by atoms with Gasteiger partial charge in [-0.15, -0.1) is 0 Å². The number of aromatic nitrogens is 4. The molecule has 1 amide bonds. The number of hydrogen-bond donors (Lipinski definition) is 1. The Bertz CT molecular complexity index is 1140. The molecule has 0 bridgehead atoms. The normalized spacial score (nSPS) is 14.1. The highest BCUT2D eigenvalue weighted by atomic mass is 35.5. The minimum atomic E-state index is -4.69. The molecule has 3 aromatic rings. The molecule has 0 aliphatic heterocycles. The fourth-order valence-electron chi connectivity index (χ4n) is 3.18. The van der Waals surface area contributed by atoms with Crippen LogP contribution in [0.25, 0.3) is 0 Å². The van der Waals surface area contributed by atoms with E-state index in [1.165, 1.54) is 6.20 Å². The second-order valence-corrected chi connectivity index (χ2v) is 8.39. The van der Waals surface area contributed by atoms with Crippen molar-refractivity contribution in [3.63, 3.8) is 0 Å². The molecule has 0 radical (unpaired) electrons. The second-order valence-electron chi connectivity index (χ2n) is 7.20. The zero-order valence-electron chi connectivity index (χ0n) is 15.8. The number of halogens is 6. The maximum absolute atomic E-state index is 13.2.